The van der Waals surface area contributed by atoms with Crippen molar-refractivity contribution in [3.05, 3.63) is 34.9 Å². The molecule has 0 heterocycles. The number of aliphatic hydroxyl groups excluding tert-OH is 1. The van der Waals surface area contributed by atoms with Crippen molar-refractivity contribution in [3.8, 4) is 0 Å². The minimum atomic E-state index is 0.207. The maximum absolute atomic E-state index is 9.20. The van der Waals surface area contributed by atoms with Crippen LogP contribution in [0.4, 0.5) is 0 Å². The Morgan fingerprint density at radius 2 is 1.81 bits per heavy atom. The maximum atomic E-state index is 9.20. The summed E-state index contributed by atoms with van der Waals surface area (Å²) in [5.74, 6) is 0. The van der Waals surface area contributed by atoms with Gasteiger partial charge in [-0.15, -0.1) is 0 Å². The van der Waals surface area contributed by atoms with Gasteiger partial charge >= 0.3 is 0 Å². The predicted molar refractivity (Wildman–Crippen MR) is 66.4 cm³/mol. The van der Waals surface area contributed by atoms with Crippen LogP contribution in [0.25, 0.3) is 0 Å². The van der Waals surface area contributed by atoms with E-state index >= 15 is 0 Å². The van der Waals surface area contributed by atoms with Gasteiger partial charge in [-0.25, -0.2) is 0 Å². The molecule has 1 fully saturated rings. The van der Waals surface area contributed by atoms with E-state index in [9.17, 15) is 5.11 Å². The third kappa shape index (κ3) is 2.83. The van der Waals surface area contributed by atoms with Gasteiger partial charge in [0.25, 0.3) is 0 Å². The van der Waals surface area contributed by atoms with Gasteiger partial charge in [0.15, 0.2) is 0 Å². The quantitative estimate of drug-likeness (QED) is 0.795. The van der Waals surface area contributed by atoms with E-state index in [1.54, 1.807) is 0 Å². The summed E-state index contributed by atoms with van der Waals surface area (Å²) in [6.45, 7) is 6.44. The van der Waals surface area contributed by atoms with Gasteiger partial charge in [0.2, 0.25) is 0 Å². The largest absolute Gasteiger partial charge is 0.396 e. The first-order chi connectivity index (χ1) is 7.63. The monoisotopic (exact) mass is 219 g/mol. The molecule has 0 bridgehead atoms. The van der Waals surface area contributed by atoms with Crippen molar-refractivity contribution in [1.82, 2.24) is 5.32 Å². The standard InChI is InChI=1S/C14H21NO/c1-11-5-12(2)7-13(6-11)8-15-9-14(10-16)3-4-14/h5-7,15-16H,3-4,8-10H2,1-2H3. The number of benzene rings is 1. The Labute approximate surface area is 97.7 Å². The molecule has 1 saturated carbocycles. The SMILES string of the molecule is Cc1cc(C)cc(CNCC2(CO)CC2)c1. The van der Waals surface area contributed by atoms with Crippen LogP contribution in [0.1, 0.15) is 29.5 Å². The lowest BCUT2D eigenvalue weighted by molar-refractivity contribution is 0.207. The molecule has 0 amide bonds. The molecule has 0 unspecified atom stereocenters. The molecule has 2 nitrogen and oxygen atoms in total. The van der Waals surface area contributed by atoms with E-state index in [-0.39, 0.29) is 5.41 Å². The molecule has 0 radical (unpaired) electrons. The van der Waals surface area contributed by atoms with E-state index in [2.05, 4.69) is 37.4 Å². The maximum Gasteiger partial charge on any atom is 0.0499 e. The Morgan fingerprint density at radius 3 is 2.31 bits per heavy atom. The first-order valence-corrected chi connectivity index (χ1v) is 6.02. The minimum Gasteiger partial charge on any atom is -0.396 e. The molecule has 2 N–H and O–H groups in total. The summed E-state index contributed by atoms with van der Waals surface area (Å²) in [5, 5.41) is 12.7. The Kier molecular flexibility index (Phi) is 3.31. The second-order valence-electron chi connectivity index (χ2n) is 5.26. The number of hydrogen-bond acceptors (Lipinski definition) is 2. The summed E-state index contributed by atoms with van der Waals surface area (Å²) >= 11 is 0. The highest BCUT2D eigenvalue weighted by Crippen LogP contribution is 2.44. The molecule has 2 rings (SSSR count). The molecule has 0 aliphatic heterocycles. The van der Waals surface area contributed by atoms with Crippen molar-refractivity contribution in [3.63, 3.8) is 0 Å². The number of rotatable bonds is 5. The summed E-state index contributed by atoms with van der Waals surface area (Å²) in [7, 11) is 0. The second-order valence-corrected chi connectivity index (χ2v) is 5.26. The molecule has 2 heteroatoms. The lowest BCUT2D eigenvalue weighted by Crippen LogP contribution is -2.26. The van der Waals surface area contributed by atoms with Gasteiger partial charge < -0.3 is 10.4 Å². The summed E-state index contributed by atoms with van der Waals surface area (Å²) in [5.41, 5.74) is 4.19. The highest BCUT2D eigenvalue weighted by molar-refractivity contribution is 5.28. The van der Waals surface area contributed by atoms with E-state index in [1.165, 1.54) is 29.5 Å². The molecule has 1 aromatic carbocycles. The average Bonchev–Trinajstić information content (AvgIpc) is 2.97. The molecule has 88 valence electrons. The van der Waals surface area contributed by atoms with Gasteiger partial charge in [-0.05, 0) is 32.3 Å². The topological polar surface area (TPSA) is 32.3 Å². The van der Waals surface area contributed by atoms with Crippen LogP contribution in [0.15, 0.2) is 18.2 Å². The summed E-state index contributed by atoms with van der Waals surface area (Å²) in [6, 6.07) is 6.64. The van der Waals surface area contributed by atoms with Crippen LogP contribution >= 0.6 is 0 Å². The van der Waals surface area contributed by atoms with Crippen molar-refractivity contribution >= 4 is 0 Å². The fraction of sp³-hybridized carbons (Fsp3) is 0.571. The van der Waals surface area contributed by atoms with Crippen LogP contribution in [0, 0.1) is 19.3 Å². The zero-order valence-electron chi connectivity index (χ0n) is 10.2. The number of hydrogen-bond donors (Lipinski definition) is 2. The third-order valence-electron chi connectivity index (χ3n) is 3.40. The Hall–Kier alpha value is -0.860. The smallest absolute Gasteiger partial charge is 0.0499 e. The number of aryl methyl sites for hydroxylation is 2. The molecule has 16 heavy (non-hydrogen) atoms. The molecule has 1 aliphatic carbocycles. The van der Waals surface area contributed by atoms with Crippen molar-refractivity contribution < 1.29 is 5.11 Å². The van der Waals surface area contributed by atoms with Crippen molar-refractivity contribution in [2.75, 3.05) is 13.2 Å². The van der Waals surface area contributed by atoms with E-state index < -0.39 is 0 Å². The number of nitrogens with one attached hydrogen (secondary N) is 1. The zero-order valence-corrected chi connectivity index (χ0v) is 10.2. The van der Waals surface area contributed by atoms with Crippen LogP contribution in [-0.4, -0.2) is 18.3 Å². The van der Waals surface area contributed by atoms with E-state index in [0.717, 1.165) is 13.1 Å². The fourth-order valence-corrected chi connectivity index (χ4v) is 2.21. The predicted octanol–water partition coefficient (Wildman–Crippen LogP) is 2.17. The highest BCUT2D eigenvalue weighted by atomic mass is 16.3. The molecular formula is C14H21NO. The van der Waals surface area contributed by atoms with Crippen LogP contribution in [-0.2, 0) is 6.54 Å². The van der Waals surface area contributed by atoms with Gasteiger partial charge in [0, 0.05) is 25.1 Å². The Morgan fingerprint density at radius 1 is 1.19 bits per heavy atom. The molecule has 1 aromatic rings. The first-order valence-electron chi connectivity index (χ1n) is 6.02. The second kappa shape index (κ2) is 4.56. The van der Waals surface area contributed by atoms with Gasteiger partial charge in [0.1, 0.15) is 0 Å². The summed E-state index contributed by atoms with van der Waals surface area (Å²) < 4.78 is 0. The molecular weight excluding hydrogens is 198 g/mol. The summed E-state index contributed by atoms with van der Waals surface area (Å²) in [4.78, 5) is 0. The number of aliphatic hydroxyl groups is 1. The molecule has 0 saturated heterocycles. The average molecular weight is 219 g/mol. The van der Waals surface area contributed by atoms with Crippen molar-refractivity contribution in [1.29, 1.82) is 0 Å². The Balaban J connectivity index is 1.85. The summed E-state index contributed by atoms with van der Waals surface area (Å²) in [6.07, 6.45) is 2.34. The van der Waals surface area contributed by atoms with E-state index in [1.807, 2.05) is 0 Å². The van der Waals surface area contributed by atoms with Crippen LogP contribution in [0.5, 0.6) is 0 Å². The first kappa shape index (κ1) is 11.6. The van der Waals surface area contributed by atoms with Crippen molar-refractivity contribution in [2.24, 2.45) is 5.41 Å². The molecule has 0 aromatic heterocycles. The van der Waals surface area contributed by atoms with Gasteiger partial charge in [-0.3, -0.25) is 0 Å². The van der Waals surface area contributed by atoms with Gasteiger partial charge in [-0.2, -0.15) is 0 Å². The van der Waals surface area contributed by atoms with Gasteiger partial charge in [0.05, 0.1) is 0 Å². The fourth-order valence-electron chi connectivity index (χ4n) is 2.21. The molecule has 1 aliphatic rings. The third-order valence-corrected chi connectivity index (χ3v) is 3.40. The van der Waals surface area contributed by atoms with Gasteiger partial charge in [-0.1, -0.05) is 29.3 Å². The molecule has 0 spiro atoms. The Bertz CT molecular complexity index is 349. The lowest BCUT2D eigenvalue weighted by atomic mass is 10.1. The van der Waals surface area contributed by atoms with Crippen LogP contribution < -0.4 is 5.32 Å². The minimum absolute atomic E-state index is 0.207. The normalized spacial score (nSPS) is 17.4. The van der Waals surface area contributed by atoms with Crippen LogP contribution in [0.3, 0.4) is 0 Å². The zero-order chi connectivity index (χ0) is 11.6. The highest BCUT2D eigenvalue weighted by Gasteiger charge is 2.41. The lowest BCUT2D eigenvalue weighted by Gasteiger charge is -2.13. The van der Waals surface area contributed by atoms with E-state index in [0.29, 0.717) is 6.61 Å². The van der Waals surface area contributed by atoms with Crippen LogP contribution in [0.2, 0.25) is 0 Å². The molecule has 0 atom stereocenters. The van der Waals surface area contributed by atoms with Crippen molar-refractivity contribution in [2.45, 2.75) is 33.2 Å². The van der Waals surface area contributed by atoms with E-state index in [4.69, 9.17) is 0 Å².